The Morgan fingerprint density at radius 2 is 1.45 bits per heavy atom. The second kappa shape index (κ2) is 11.6. The maximum absolute atomic E-state index is 12.6. The number of halogens is 3. The highest BCUT2D eigenvalue weighted by molar-refractivity contribution is 5.84. The molecule has 1 aliphatic rings. The molecule has 3 rings (SSSR count). The third kappa shape index (κ3) is 8.00. The minimum absolute atomic E-state index is 0.265. The van der Waals surface area contributed by atoms with Gasteiger partial charge in [-0.05, 0) is 81.1 Å². The molecule has 0 amide bonds. The standard InChI is InChI=1S/C24H26F3NO5/c1-17(23(29)30-16-31-28-19-6-4-2-3-5-7-19)32-20-12-14-22(15-13-20)33-21-10-8-18(9-11-21)24(25,26)27/h8-15,17H,2-7,16H2,1H3. The number of benzene rings is 2. The highest BCUT2D eigenvalue weighted by Gasteiger charge is 2.30. The van der Waals surface area contributed by atoms with Crippen LogP contribution >= 0.6 is 0 Å². The second-order valence-corrected chi connectivity index (χ2v) is 7.64. The molecule has 0 spiro atoms. The predicted octanol–water partition coefficient (Wildman–Crippen LogP) is 6.49. The van der Waals surface area contributed by atoms with Crippen LogP contribution in [-0.4, -0.2) is 24.6 Å². The lowest BCUT2D eigenvalue weighted by Crippen LogP contribution is -2.26. The van der Waals surface area contributed by atoms with Crippen LogP contribution in [0, 0.1) is 0 Å². The second-order valence-electron chi connectivity index (χ2n) is 7.64. The van der Waals surface area contributed by atoms with Crippen molar-refractivity contribution in [1.29, 1.82) is 0 Å². The van der Waals surface area contributed by atoms with Crippen LogP contribution in [0.15, 0.2) is 53.7 Å². The van der Waals surface area contributed by atoms with Crippen LogP contribution in [0.1, 0.15) is 51.0 Å². The van der Waals surface area contributed by atoms with E-state index in [0.717, 1.165) is 43.5 Å². The summed E-state index contributed by atoms with van der Waals surface area (Å²) in [6.07, 6.45) is 1.14. The molecule has 178 valence electrons. The first-order valence-electron chi connectivity index (χ1n) is 10.8. The normalized spacial score (nSPS) is 15.2. The Labute approximate surface area is 190 Å². The van der Waals surface area contributed by atoms with Gasteiger partial charge in [0.05, 0.1) is 11.3 Å². The molecule has 6 nitrogen and oxygen atoms in total. The maximum atomic E-state index is 12.6. The van der Waals surface area contributed by atoms with Gasteiger partial charge in [-0.3, -0.25) is 0 Å². The fourth-order valence-electron chi connectivity index (χ4n) is 3.23. The lowest BCUT2D eigenvalue weighted by molar-refractivity contribution is -0.163. The average molecular weight is 465 g/mol. The summed E-state index contributed by atoms with van der Waals surface area (Å²) >= 11 is 0. The summed E-state index contributed by atoms with van der Waals surface area (Å²) in [5, 5.41) is 4.05. The minimum atomic E-state index is -4.40. The van der Waals surface area contributed by atoms with Crippen LogP contribution in [0.2, 0.25) is 0 Å². The van der Waals surface area contributed by atoms with Gasteiger partial charge in [0.15, 0.2) is 6.10 Å². The Balaban J connectivity index is 1.42. The molecule has 0 saturated heterocycles. The summed E-state index contributed by atoms with van der Waals surface area (Å²) in [5.41, 5.74) is 0.244. The minimum Gasteiger partial charge on any atom is -0.479 e. The van der Waals surface area contributed by atoms with Gasteiger partial charge in [0.25, 0.3) is 6.79 Å². The third-order valence-corrected chi connectivity index (χ3v) is 5.01. The molecule has 0 N–H and O–H groups in total. The van der Waals surface area contributed by atoms with Crippen molar-refractivity contribution in [3.63, 3.8) is 0 Å². The highest BCUT2D eigenvalue weighted by Crippen LogP contribution is 2.31. The molecule has 9 heteroatoms. The van der Waals surface area contributed by atoms with Crippen molar-refractivity contribution in [2.75, 3.05) is 6.79 Å². The zero-order valence-electron chi connectivity index (χ0n) is 18.3. The molecule has 2 aromatic rings. The number of alkyl halides is 3. The van der Waals surface area contributed by atoms with Gasteiger partial charge in [-0.2, -0.15) is 13.2 Å². The molecule has 1 fully saturated rings. The van der Waals surface area contributed by atoms with E-state index in [0.29, 0.717) is 11.5 Å². The van der Waals surface area contributed by atoms with Crippen LogP contribution < -0.4 is 9.47 Å². The van der Waals surface area contributed by atoms with Crippen LogP contribution in [0.5, 0.6) is 17.2 Å². The first kappa shape index (κ1) is 24.4. The van der Waals surface area contributed by atoms with E-state index in [1.165, 1.54) is 25.0 Å². The fraction of sp³-hybridized carbons (Fsp3) is 0.417. The van der Waals surface area contributed by atoms with Crippen molar-refractivity contribution >= 4 is 11.7 Å². The number of hydrogen-bond donors (Lipinski definition) is 0. The van der Waals surface area contributed by atoms with Crippen molar-refractivity contribution in [2.24, 2.45) is 5.16 Å². The van der Waals surface area contributed by atoms with Gasteiger partial charge in [-0.15, -0.1) is 0 Å². The molecule has 1 atom stereocenters. The molecule has 1 unspecified atom stereocenters. The van der Waals surface area contributed by atoms with E-state index in [9.17, 15) is 18.0 Å². The zero-order valence-corrected chi connectivity index (χ0v) is 18.3. The average Bonchev–Trinajstić information content (AvgIpc) is 3.06. The molecule has 0 aromatic heterocycles. The first-order valence-corrected chi connectivity index (χ1v) is 10.8. The maximum Gasteiger partial charge on any atom is 0.416 e. The number of carbonyl (C=O) groups excluding carboxylic acids is 1. The summed E-state index contributed by atoms with van der Waals surface area (Å²) in [6, 6.07) is 10.7. The van der Waals surface area contributed by atoms with E-state index in [2.05, 4.69) is 5.16 Å². The van der Waals surface area contributed by atoms with E-state index in [1.807, 2.05) is 0 Å². The van der Waals surface area contributed by atoms with Gasteiger partial charge in [0.2, 0.25) is 0 Å². The van der Waals surface area contributed by atoms with Crippen LogP contribution in [0.25, 0.3) is 0 Å². The van der Waals surface area contributed by atoms with Crippen molar-refractivity contribution < 1.29 is 37.0 Å². The van der Waals surface area contributed by atoms with Crippen LogP contribution in [0.4, 0.5) is 13.2 Å². The molecular weight excluding hydrogens is 439 g/mol. The van der Waals surface area contributed by atoms with Gasteiger partial charge in [0.1, 0.15) is 17.2 Å². The van der Waals surface area contributed by atoms with E-state index in [4.69, 9.17) is 19.0 Å². The van der Waals surface area contributed by atoms with Crippen LogP contribution in [0.3, 0.4) is 0 Å². The Morgan fingerprint density at radius 3 is 2.03 bits per heavy atom. The quantitative estimate of drug-likeness (QED) is 0.147. The molecule has 1 aliphatic carbocycles. The number of carbonyl (C=O) groups is 1. The summed E-state index contributed by atoms with van der Waals surface area (Å²) in [7, 11) is 0. The molecule has 0 bridgehead atoms. The zero-order chi connectivity index (χ0) is 23.7. The Kier molecular flexibility index (Phi) is 8.57. The molecule has 0 radical (unpaired) electrons. The number of nitrogens with zero attached hydrogens (tertiary/aromatic N) is 1. The molecule has 33 heavy (non-hydrogen) atoms. The molecule has 2 aromatic carbocycles. The summed E-state index contributed by atoms with van der Waals surface area (Å²) in [5.74, 6) is 0.476. The SMILES string of the molecule is CC(Oc1ccc(Oc2ccc(C(F)(F)F)cc2)cc1)C(=O)OCON=C1CCCCCC1. The number of hydrogen-bond acceptors (Lipinski definition) is 6. The lowest BCUT2D eigenvalue weighted by Gasteiger charge is -2.14. The van der Waals surface area contributed by atoms with Gasteiger partial charge in [-0.25, -0.2) is 4.79 Å². The van der Waals surface area contributed by atoms with E-state index >= 15 is 0 Å². The van der Waals surface area contributed by atoms with E-state index in [-0.39, 0.29) is 12.5 Å². The largest absolute Gasteiger partial charge is 0.479 e. The van der Waals surface area contributed by atoms with Crippen molar-refractivity contribution in [3.8, 4) is 17.2 Å². The highest BCUT2D eigenvalue weighted by atomic mass is 19.4. The number of esters is 1. The van der Waals surface area contributed by atoms with Gasteiger partial charge in [0, 0.05) is 0 Å². The summed E-state index contributed by atoms with van der Waals surface area (Å²) in [6.45, 7) is 1.27. The lowest BCUT2D eigenvalue weighted by atomic mass is 10.2. The summed E-state index contributed by atoms with van der Waals surface area (Å²) in [4.78, 5) is 17.2. The fourth-order valence-corrected chi connectivity index (χ4v) is 3.23. The number of rotatable bonds is 8. The molecule has 0 heterocycles. The van der Waals surface area contributed by atoms with Crippen molar-refractivity contribution in [2.45, 2.75) is 57.7 Å². The Morgan fingerprint density at radius 1 is 0.909 bits per heavy atom. The van der Waals surface area contributed by atoms with E-state index in [1.54, 1.807) is 31.2 Å². The third-order valence-electron chi connectivity index (χ3n) is 5.01. The van der Waals surface area contributed by atoms with Gasteiger partial charge in [-0.1, -0.05) is 18.0 Å². The van der Waals surface area contributed by atoms with Gasteiger partial charge >= 0.3 is 12.1 Å². The Hall–Kier alpha value is -3.23. The number of oxime groups is 1. The van der Waals surface area contributed by atoms with Gasteiger partial charge < -0.3 is 19.0 Å². The monoisotopic (exact) mass is 465 g/mol. The van der Waals surface area contributed by atoms with E-state index < -0.39 is 23.8 Å². The molecule has 1 saturated carbocycles. The molecule has 0 aliphatic heterocycles. The van der Waals surface area contributed by atoms with Crippen LogP contribution in [-0.2, 0) is 20.5 Å². The number of ether oxygens (including phenoxy) is 3. The van der Waals surface area contributed by atoms with Crippen molar-refractivity contribution in [1.82, 2.24) is 0 Å². The van der Waals surface area contributed by atoms with Crippen molar-refractivity contribution in [3.05, 3.63) is 54.1 Å². The topological polar surface area (TPSA) is 66.4 Å². The Bertz CT molecular complexity index is 917. The molecular formula is C24H26F3NO5. The predicted molar refractivity (Wildman–Crippen MR) is 115 cm³/mol. The summed E-state index contributed by atoms with van der Waals surface area (Å²) < 4.78 is 54.0. The first-order chi connectivity index (χ1) is 15.8. The smallest absolute Gasteiger partial charge is 0.416 e.